The number of hydrogen-bond donors (Lipinski definition) is 0. The van der Waals surface area contributed by atoms with Crippen molar-refractivity contribution in [3.8, 4) is 0 Å². The molecule has 1 saturated heterocycles. The van der Waals surface area contributed by atoms with Crippen molar-refractivity contribution in [1.82, 2.24) is 4.90 Å². The van der Waals surface area contributed by atoms with Crippen LogP contribution in [0.4, 0.5) is 5.69 Å². The summed E-state index contributed by atoms with van der Waals surface area (Å²) in [6.07, 6.45) is 0.364. The van der Waals surface area contributed by atoms with Crippen LogP contribution in [-0.4, -0.2) is 49.9 Å². The van der Waals surface area contributed by atoms with Crippen LogP contribution < -0.4 is 10.3 Å². The van der Waals surface area contributed by atoms with E-state index in [9.17, 15) is 18.0 Å². The second kappa shape index (κ2) is 9.62. The largest absolute Gasteiger partial charge is 0.451 e. The number of carbonyl (C=O) groups excluding carboxylic acids is 1. The summed E-state index contributed by atoms with van der Waals surface area (Å²) in [7, 11) is -3.21. The van der Waals surface area contributed by atoms with E-state index in [1.165, 1.54) is 11.0 Å². The Balaban J connectivity index is 1.68. The summed E-state index contributed by atoms with van der Waals surface area (Å²) < 4.78 is 30.2. The lowest BCUT2D eigenvalue weighted by molar-refractivity contribution is 0.0648. The van der Waals surface area contributed by atoms with Gasteiger partial charge in [0.1, 0.15) is 5.58 Å². The van der Waals surface area contributed by atoms with E-state index in [4.69, 9.17) is 4.42 Å². The van der Waals surface area contributed by atoms with Crippen molar-refractivity contribution in [3.05, 3.63) is 75.6 Å². The highest BCUT2D eigenvalue weighted by molar-refractivity contribution is 7.91. The van der Waals surface area contributed by atoms with Crippen LogP contribution in [-0.2, 0) is 16.4 Å². The molecule has 3 aromatic rings. The topological polar surface area (TPSA) is 87.9 Å². The summed E-state index contributed by atoms with van der Waals surface area (Å²) in [6, 6.07) is 13.9. The van der Waals surface area contributed by atoms with Gasteiger partial charge in [0.15, 0.2) is 21.0 Å². The highest BCUT2D eigenvalue weighted by atomic mass is 32.2. The van der Waals surface area contributed by atoms with Crippen LogP contribution in [0, 0.1) is 6.92 Å². The first-order valence-electron chi connectivity index (χ1n) is 11.6. The van der Waals surface area contributed by atoms with Gasteiger partial charge in [0, 0.05) is 37.4 Å². The fraction of sp³-hybridized carbons (Fsp3) is 0.385. The van der Waals surface area contributed by atoms with E-state index in [1.807, 2.05) is 37.3 Å². The van der Waals surface area contributed by atoms with E-state index in [-0.39, 0.29) is 29.2 Å². The predicted molar refractivity (Wildman–Crippen MR) is 134 cm³/mol. The number of benzene rings is 2. The zero-order valence-electron chi connectivity index (χ0n) is 19.8. The van der Waals surface area contributed by atoms with Crippen LogP contribution in [0.1, 0.15) is 41.9 Å². The number of amides is 1. The molecule has 1 aliphatic heterocycles. The molecular formula is C26H30N2O5S. The minimum Gasteiger partial charge on any atom is -0.451 e. The Morgan fingerprint density at radius 2 is 1.76 bits per heavy atom. The molecule has 2 heterocycles. The predicted octanol–water partition coefficient (Wildman–Crippen LogP) is 3.78. The smallest absolute Gasteiger partial charge is 0.290 e. The van der Waals surface area contributed by atoms with E-state index in [0.29, 0.717) is 17.4 Å². The van der Waals surface area contributed by atoms with E-state index in [1.54, 1.807) is 12.1 Å². The molecule has 0 radical (unpaired) electrons. The first kappa shape index (κ1) is 24.0. The molecule has 34 heavy (non-hydrogen) atoms. The standard InChI is InChI=1S/C26H30N2O5S/c1-4-27(5-2)20-9-7-19(8-10-20)16-28(21-12-13-34(31,32)17-21)26(30)25-15-23(29)22-11-6-18(3)14-24(22)33-25/h6-11,14-15,21H,4-5,12-13,16-17H2,1-3H3/t21-/m0/s1. The van der Waals surface area contributed by atoms with Crippen molar-refractivity contribution in [2.75, 3.05) is 29.5 Å². The lowest BCUT2D eigenvalue weighted by Crippen LogP contribution is -2.41. The quantitative estimate of drug-likeness (QED) is 0.509. The van der Waals surface area contributed by atoms with E-state index >= 15 is 0 Å². The number of carbonyl (C=O) groups is 1. The zero-order valence-corrected chi connectivity index (χ0v) is 20.6. The molecule has 7 nitrogen and oxygen atoms in total. The summed E-state index contributed by atoms with van der Waals surface area (Å²) in [5, 5.41) is 0.407. The summed E-state index contributed by atoms with van der Waals surface area (Å²) in [6.45, 7) is 8.08. The number of sulfone groups is 1. The Labute approximate surface area is 199 Å². The lowest BCUT2D eigenvalue weighted by atomic mass is 10.1. The van der Waals surface area contributed by atoms with Gasteiger partial charge >= 0.3 is 0 Å². The normalized spacial score (nSPS) is 17.1. The average Bonchev–Trinajstić information content (AvgIpc) is 3.17. The SMILES string of the molecule is CCN(CC)c1ccc(CN(C(=O)c2cc(=O)c3ccc(C)cc3o2)[C@H]2CCS(=O)(=O)C2)cc1. The number of fused-ring (bicyclic) bond motifs is 1. The molecule has 1 aromatic heterocycles. The van der Waals surface area contributed by atoms with Crippen LogP contribution in [0.5, 0.6) is 0 Å². The molecule has 1 aliphatic rings. The van der Waals surface area contributed by atoms with Crippen LogP contribution in [0.2, 0.25) is 0 Å². The summed E-state index contributed by atoms with van der Waals surface area (Å²) in [4.78, 5) is 30.0. The molecule has 180 valence electrons. The number of anilines is 1. The minimum absolute atomic E-state index is 0.0448. The molecular weight excluding hydrogens is 452 g/mol. The van der Waals surface area contributed by atoms with Crippen molar-refractivity contribution in [2.45, 2.75) is 39.8 Å². The average molecular weight is 483 g/mol. The number of aryl methyl sites for hydroxylation is 1. The van der Waals surface area contributed by atoms with Gasteiger partial charge in [-0.25, -0.2) is 8.42 Å². The summed E-state index contributed by atoms with van der Waals surface area (Å²) >= 11 is 0. The molecule has 0 saturated carbocycles. The van der Waals surface area contributed by atoms with Crippen LogP contribution in [0.3, 0.4) is 0 Å². The Bertz CT molecular complexity index is 1360. The van der Waals surface area contributed by atoms with Crippen LogP contribution >= 0.6 is 0 Å². The first-order chi connectivity index (χ1) is 16.2. The summed E-state index contributed by atoms with van der Waals surface area (Å²) in [5.41, 5.74) is 2.93. The number of rotatable bonds is 7. The molecule has 0 bridgehead atoms. The molecule has 1 amide bonds. The lowest BCUT2D eigenvalue weighted by Gasteiger charge is -2.28. The monoisotopic (exact) mass is 482 g/mol. The molecule has 1 atom stereocenters. The Hall–Kier alpha value is -3.13. The third-order valence-electron chi connectivity index (χ3n) is 6.42. The van der Waals surface area contributed by atoms with Gasteiger partial charge < -0.3 is 14.2 Å². The Morgan fingerprint density at radius 3 is 2.38 bits per heavy atom. The van der Waals surface area contributed by atoms with Crippen molar-refractivity contribution in [3.63, 3.8) is 0 Å². The van der Waals surface area contributed by atoms with Gasteiger partial charge in [-0.1, -0.05) is 18.2 Å². The Morgan fingerprint density at radius 1 is 1.06 bits per heavy atom. The number of hydrogen-bond acceptors (Lipinski definition) is 6. The highest BCUT2D eigenvalue weighted by Crippen LogP contribution is 2.24. The molecule has 1 fully saturated rings. The molecule has 0 aliphatic carbocycles. The minimum atomic E-state index is -3.21. The maximum atomic E-state index is 13.6. The van der Waals surface area contributed by atoms with Gasteiger partial charge in [0.2, 0.25) is 0 Å². The Kier molecular flexibility index (Phi) is 6.79. The van der Waals surface area contributed by atoms with E-state index in [2.05, 4.69) is 18.7 Å². The molecule has 4 rings (SSSR count). The maximum Gasteiger partial charge on any atom is 0.290 e. The maximum absolute atomic E-state index is 13.6. The van der Waals surface area contributed by atoms with Crippen molar-refractivity contribution in [2.24, 2.45) is 0 Å². The molecule has 0 spiro atoms. The number of nitrogens with zero attached hydrogens (tertiary/aromatic N) is 2. The molecule has 0 unspecified atom stereocenters. The van der Waals surface area contributed by atoms with Crippen molar-refractivity contribution < 1.29 is 17.6 Å². The van der Waals surface area contributed by atoms with Crippen LogP contribution in [0.15, 0.2) is 57.7 Å². The van der Waals surface area contributed by atoms with Gasteiger partial charge in [-0.05, 0) is 62.6 Å². The van der Waals surface area contributed by atoms with Gasteiger partial charge in [-0.3, -0.25) is 9.59 Å². The highest BCUT2D eigenvalue weighted by Gasteiger charge is 2.36. The third kappa shape index (κ3) is 5.01. The van der Waals surface area contributed by atoms with E-state index < -0.39 is 21.8 Å². The first-order valence-corrected chi connectivity index (χ1v) is 13.4. The molecule has 2 aromatic carbocycles. The third-order valence-corrected chi connectivity index (χ3v) is 8.17. The van der Waals surface area contributed by atoms with Gasteiger partial charge in [-0.2, -0.15) is 0 Å². The second-order valence-electron chi connectivity index (χ2n) is 8.80. The second-order valence-corrected chi connectivity index (χ2v) is 11.0. The fourth-order valence-electron chi connectivity index (χ4n) is 4.49. The molecule has 8 heteroatoms. The van der Waals surface area contributed by atoms with Gasteiger partial charge in [-0.15, -0.1) is 0 Å². The van der Waals surface area contributed by atoms with Gasteiger partial charge in [0.05, 0.1) is 16.9 Å². The van der Waals surface area contributed by atoms with Crippen LogP contribution in [0.25, 0.3) is 11.0 Å². The van der Waals surface area contributed by atoms with E-state index in [0.717, 1.165) is 29.9 Å². The van der Waals surface area contributed by atoms with Gasteiger partial charge in [0.25, 0.3) is 5.91 Å². The fourth-order valence-corrected chi connectivity index (χ4v) is 6.23. The van der Waals surface area contributed by atoms with Crippen molar-refractivity contribution in [1.29, 1.82) is 0 Å². The molecule has 0 N–H and O–H groups in total. The zero-order chi connectivity index (χ0) is 24.5. The van der Waals surface area contributed by atoms with Crippen molar-refractivity contribution >= 4 is 32.4 Å². The summed E-state index contributed by atoms with van der Waals surface area (Å²) in [5.74, 6) is -0.598.